The van der Waals surface area contributed by atoms with Crippen LogP contribution in [0.15, 0.2) is 12.1 Å². The summed E-state index contributed by atoms with van der Waals surface area (Å²) in [5, 5.41) is 19.9. The highest BCUT2D eigenvalue weighted by atomic mass is 35.5. The van der Waals surface area contributed by atoms with Crippen LogP contribution >= 0.6 is 11.6 Å². The molecule has 0 bridgehead atoms. The molecule has 1 aromatic rings. The molecule has 110 valence electrons. The van der Waals surface area contributed by atoms with Crippen LogP contribution in [0.1, 0.15) is 37.0 Å². The van der Waals surface area contributed by atoms with Gasteiger partial charge >= 0.3 is 5.97 Å². The smallest absolute Gasteiger partial charge is 0.306 e. The summed E-state index contributed by atoms with van der Waals surface area (Å²) in [5.41, 5.74) is 0.803. The summed E-state index contributed by atoms with van der Waals surface area (Å²) >= 11 is 5.99. The van der Waals surface area contributed by atoms with E-state index < -0.39 is 23.8 Å². The molecule has 1 aromatic carbocycles. The van der Waals surface area contributed by atoms with Crippen molar-refractivity contribution in [1.82, 2.24) is 0 Å². The average molecular weight is 301 g/mol. The molecule has 3 nitrogen and oxygen atoms in total. The number of benzene rings is 1. The zero-order valence-corrected chi connectivity index (χ0v) is 12.2. The highest BCUT2D eigenvalue weighted by molar-refractivity contribution is 6.31. The number of aryl methyl sites for hydroxylation is 1. The first-order chi connectivity index (χ1) is 9.31. The number of halogens is 2. The summed E-state index contributed by atoms with van der Waals surface area (Å²) in [6, 6.07) is 2.67. The van der Waals surface area contributed by atoms with Crippen molar-refractivity contribution in [3.63, 3.8) is 0 Å². The highest BCUT2D eigenvalue weighted by Crippen LogP contribution is 2.45. The lowest BCUT2D eigenvalue weighted by Gasteiger charge is -2.23. The van der Waals surface area contributed by atoms with E-state index in [2.05, 4.69) is 0 Å². The van der Waals surface area contributed by atoms with Crippen LogP contribution in [0.3, 0.4) is 0 Å². The van der Waals surface area contributed by atoms with E-state index in [1.807, 2.05) is 6.92 Å². The SMILES string of the molecule is Cc1cc(C(O)C2CC(C)CC2C(=O)O)c(Cl)cc1F. The van der Waals surface area contributed by atoms with Gasteiger partial charge in [0.05, 0.1) is 12.0 Å². The Morgan fingerprint density at radius 1 is 1.45 bits per heavy atom. The number of carboxylic acids is 1. The van der Waals surface area contributed by atoms with Gasteiger partial charge in [-0.1, -0.05) is 18.5 Å². The minimum Gasteiger partial charge on any atom is -0.481 e. The van der Waals surface area contributed by atoms with E-state index in [9.17, 15) is 19.4 Å². The molecule has 0 amide bonds. The molecule has 1 saturated carbocycles. The van der Waals surface area contributed by atoms with Gasteiger partial charge in [-0.3, -0.25) is 4.79 Å². The Kier molecular flexibility index (Phi) is 4.35. The molecule has 1 fully saturated rings. The fourth-order valence-corrected chi connectivity index (χ4v) is 3.37. The third-order valence-corrected chi connectivity index (χ3v) is 4.49. The molecule has 0 spiro atoms. The Morgan fingerprint density at radius 2 is 2.10 bits per heavy atom. The van der Waals surface area contributed by atoms with Crippen molar-refractivity contribution in [1.29, 1.82) is 0 Å². The van der Waals surface area contributed by atoms with Crippen LogP contribution in [0.25, 0.3) is 0 Å². The molecular formula is C15H18ClFO3. The van der Waals surface area contributed by atoms with E-state index in [0.29, 0.717) is 24.0 Å². The van der Waals surface area contributed by atoms with E-state index in [1.54, 1.807) is 6.92 Å². The minimum atomic E-state index is -0.979. The molecule has 1 aliphatic carbocycles. The van der Waals surface area contributed by atoms with E-state index >= 15 is 0 Å². The van der Waals surface area contributed by atoms with Crippen LogP contribution in [0.5, 0.6) is 0 Å². The normalized spacial score (nSPS) is 27.6. The van der Waals surface area contributed by atoms with Crippen LogP contribution in [-0.4, -0.2) is 16.2 Å². The zero-order chi connectivity index (χ0) is 15.0. The molecule has 0 saturated heterocycles. The molecule has 20 heavy (non-hydrogen) atoms. The predicted molar refractivity (Wildman–Crippen MR) is 74.1 cm³/mol. The van der Waals surface area contributed by atoms with Crippen molar-refractivity contribution in [2.24, 2.45) is 17.8 Å². The van der Waals surface area contributed by atoms with Crippen molar-refractivity contribution in [2.45, 2.75) is 32.8 Å². The highest BCUT2D eigenvalue weighted by Gasteiger charge is 2.41. The van der Waals surface area contributed by atoms with Gasteiger partial charge in [0.25, 0.3) is 0 Å². The molecule has 0 radical (unpaired) electrons. The number of aliphatic hydroxyl groups excluding tert-OH is 1. The van der Waals surface area contributed by atoms with Gasteiger partial charge < -0.3 is 10.2 Å². The van der Waals surface area contributed by atoms with Crippen molar-refractivity contribution in [2.75, 3.05) is 0 Å². The van der Waals surface area contributed by atoms with Crippen LogP contribution in [0.4, 0.5) is 4.39 Å². The van der Waals surface area contributed by atoms with Gasteiger partial charge in [-0.2, -0.15) is 0 Å². The summed E-state index contributed by atoms with van der Waals surface area (Å²) in [6.07, 6.45) is 0.201. The molecule has 0 heterocycles. The fourth-order valence-electron chi connectivity index (χ4n) is 3.10. The summed E-state index contributed by atoms with van der Waals surface area (Å²) in [7, 11) is 0. The molecule has 4 atom stereocenters. The lowest BCUT2D eigenvalue weighted by atomic mass is 9.86. The fraction of sp³-hybridized carbons (Fsp3) is 0.533. The maximum atomic E-state index is 13.4. The van der Waals surface area contributed by atoms with Crippen LogP contribution in [0.2, 0.25) is 5.02 Å². The summed E-state index contributed by atoms with van der Waals surface area (Å²) in [4.78, 5) is 11.3. The number of carbonyl (C=O) groups is 1. The zero-order valence-electron chi connectivity index (χ0n) is 11.4. The lowest BCUT2D eigenvalue weighted by Crippen LogP contribution is -2.24. The second kappa shape index (κ2) is 5.70. The average Bonchev–Trinajstić information content (AvgIpc) is 2.75. The number of hydrogen-bond donors (Lipinski definition) is 2. The molecule has 2 N–H and O–H groups in total. The van der Waals surface area contributed by atoms with Gasteiger partial charge in [0.1, 0.15) is 5.82 Å². The number of aliphatic hydroxyl groups is 1. The van der Waals surface area contributed by atoms with Crippen molar-refractivity contribution < 1.29 is 19.4 Å². The quantitative estimate of drug-likeness (QED) is 0.897. The van der Waals surface area contributed by atoms with Crippen molar-refractivity contribution >= 4 is 17.6 Å². The maximum absolute atomic E-state index is 13.4. The first-order valence-corrected chi connectivity index (χ1v) is 7.05. The Hall–Kier alpha value is -1.13. The molecule has 5 heteroatoms. The standard InChI is InChI=1S/C15H18ClFO3/c1-7-3-9(10(4-7)15(19)20)14(18)11-5-8(2)13(17)6-12(11)16/h5-7,9-10,14,18H,3-4H2,1-2H3,(H,19,20). The topological polar surface area (TPSA) is 57.5 Å². The minimum absolute atomic E-state index is 0.143. The Labute approximate surface area is 122 Å². The van der Waals surface area contributed by atoms with E-state index in [1.165, 1.54) is 12.1 Å². The van der Waals surface area contributed by atoms with Crippen LogP contribution in [-0.2, 0) is 4.79 Å². The Balaban J connectivity index is 2.33. The molecule has 2 rings (SSSR count). The number of hydrogen-bond acceptors (Lipinski definition) is 2. The van der Waals surface area contributed by atoms with Crippen molar-refractivity contribution in [3.8, 4) is 0 Å². The molecule has 0 aromatic heterocycles. The largest absolute Gasteiger partial charge is 0.481 e. The third-order valence-electron chi connectivity index (χ3n) is 4.17. The van der Waals surface area contributed by atoms with Gasteiger partial charge in [0.15, 0.2) is 0 Å². The maximum Gasteiger partial charge on any atom is 0.306 e. The second-order valence-corrected chi connectivity index (χ2v) is 6.16. The summed E-state index contributed by atoms with van der Waals surface area (Å²) in [6.45, 7) is 3.56. The van der Waals surface area contributed by atoms with E-state index in [0.717, 1.165) is 0 Å². The van der Waals surface area contributed by atoms with E-state index in [4.69, 9.17) is 11.6 Å². The van der Waals surface area contributed by atoms with Gasteiger partial charge in [-0.25, -0.2) is 4.39 Å². The third kappa shape index (κ3) is 2.81. The first kappa shape index (κ1) is 15.3. The van der Waals surface area contributed by atoms with Crippen LogP contribution < -0.4 is 0 Å². The Morgan fingerprint density at radius 3 is 2.70 bits per heavy atom. The predicted octanol–water partition coefficient (Wildman–Crippen LogP) is 3.57. The van der Waals surface area contributed by atoms with Crippen LogP contribution in [0, 0.1) is 30.5 Å². The number of rotatable bonds is 3. The molecule has 0 aliphatic heterocycles. The van der Waals surface area contributed by atoms with Gasteiger partial charge in [0.2, 0.25) is 0 Å². The first-order valence-electron chi connectivity index (χ1n) is 6.67. The van der Waals surface area contributed by atoms with Gasteiger partial charge in [0, 0.05) is 10.9 Å². The molecular weight excluding hydrogens is 283 g/mol. The van der Waals surface area contributed by atoms with E-state index in [-0.39, 0.29) is 16.9 Å². The summed E-state index contributed by atoms with van der Waals surface area (Å²) < 4.78 is 13.4. The molecule has 1 aliphatic rings. The Bertz CT molecular complexity index is 532. The lowest BCUT2D eigenvalue weighted by molar-refractivity contribution is -0.144. The monoisotopic (exact) mass is 300 g/mol. The number of carboxylic acid groups (broad SMARTS) is 1. The van der Waals surface area contributed by atoms with Gasteiger partial charge in [-0.05, 0) is 48.9 Å². The number of aliphatic carboxylic acids is 1. The second-order valence-electron chi connectivity index (χ2n) is 5.75. The molecule has 4 unspecified atom stereocenters. The summed E-state index contributed by atoms with van der Waals surface area (Å²) in [5.74, 6) is -2.05. The van der Waals surface area contributed by atoms with Crippen molar-refractivity contribution in [3.05, 3.63) is 34.1 Å². The van der Waals surface area contributed by atoms with Gasteiger partial charge in [-0.15, -0.1) is 0 Å².